The van der Waals surface area contributed by atoms with Gasteiger partial charge in [0.05, 0.1) is 0 Å². The summed E-state index contributed by atoms with van der Waals surface area (Å²) in [6, 6.07) is 0.402. The van der Waals surface area contributed by atoms with E-state index in [0.29, 0.717) is 12.6 Å². The fourth-order valence-electron chi connectivity index (χ4n) is 1.44. The van der Waals surface area contributed by atoms with Crippen LogP contribution in [0.15, 0.2) is 0 Å². The molecule has 0 aromatic heterocycles. The number of hydrogen-bond donors (Lipinski definition) is 1. The summed E-state index contributed by atoms with van der Waals surface area (Å²) < 4.78 is 5.07. The number of nitrogens with one attached hydrogen (secondary N) is 1. The molecular weight excluding hydrogens is 168 g/mol. The Labute approximate surface area is 79.2 Å². The quantitative estimate of drug-likeness (QED) is 0.666. The van der Waals surface area contributed by atoms with Gasteiger partial charge in [-0.2, -0.15) is 0 Å². The molecule has 1 aliphatic heterocycles. The fraction of sp³-hybridized carbons (Fsp3) is 0.889. The average molecular weight is 186 g/mol. The summed E-state index contributed by atoms with van der Waals surface area (Å²) in [5, 5.41) is 3.29. The molecule has 1 amide bonds. The lowest BCUT2D eigenvalue weighted by molar-refractivity contribution is -0.137. The van der Waals surface area contributed by atoms with Crippen molar-refractivity contribution in [2.24, 2.45) is 0 Å². The van der Waals surface area contributed by atoms with E-state index >= 15 is 0 Å². The van der Waals surface area contributed by atoms with E-state index in [2.05, 4.69) is 12.2 Å². The molecule has 0 spiro atoms. The highest BCUT2D eigenvalue weighted by Crippen LogP contribution is 1.99. The van der Waals surface area contributed by atoms with E-state index < -0.39 is 0 Å². The molecule has 1 fully saturated rings. The van der Waals surface area contributed by atoms with Crippen LogP contribution in [-0.4, -0.2) is 49.7 Å². The van der Waals surface area contributed by atoms with Gasteiger partial charge in [-0.3, -0.25) is 4.79 Å². The molecule has 4 nitrogen and oxygen atoms in total. The van der Waals surface area contributed by atoms with Crippen molar-refractivity contribution in [3.8, 4) is 0 Å². The highest BCUT2D eigenvalue weighted by atomic mass is 16.5. The third-order valence-corrected chi connectivity index (χ3v) is 2.15. The number of carbonyl (C=O) groups excluding carboxylic acids is 1. The Morgan fingerprint density at radius 3 is 3.08 bits per heavy atom. The summed E-state index contributed by atoms with van der Waals surface area (Å²) in [4.78, 5) is 13.3. The van der Waals surface area contributed by atoms with Crippen LogP contribution in [0.3, 0.4) is 0 Å². The Bertz CT molecular complexity index is 173. The minimum absolute atomic E-state index is 0.107. The maximum atomic E-state index is 11.5. The van der Waals surface area contributed by atoms with Crippen molar-refractivity contribution in [1.82, 2.24) is 10.2 Å². The summed E-state index contributed by atoms with van der Waals surface area (Å²) in [6.45, 7) is 7.30. The predicted octanol–water partition coefficient (Wildman–Crippen LogP) is -0.157. The van der Waals surface area contributed by atoms with Gasteiger partial charge >= 0.3 is 0 Å². The Kier molecular flexibility index (Phi) is 4.18. The Hall–Kier alpha value is -0.610. The van der Waals surface area contributed by atoms with Crippen LogP contribution >= 0.6 is 0 Å². The molecule has 1 saturated heterocycles. The molecule has 0 radical (unpaired) electrons. The van der Waals surface area contributed by atoms with Crippen LogP contribution in [0.25, 0.3) is 0 Å². The summed E-state index contributed by atoms with van der Waals surface area (Å²) in [7, 11) is 0. The molecule has 4 heteroatoms. The van der Waals surface area contributed by atoms with Crippen molar-refractivity contribution >= 4 is 5.91 Å². The zero-order valence-electron chi connectivity index (χ0n) is 8.38. The van der Waals surface area contributed by atoms with Crippen molar-refractivity contribution in [3.05, 3.63) is 0 Å². The van der Waals surface area contributed by atoms with Crippen molar-refractivity contribution in [2.75, 3.05) is 32.8 Å². The van der Waals surface area contributed by atoms with Crippen LogP contribution in [-0.2, 0) is 9.53 Å². The third kappa shape index (κ3) is 3.32. The van der Waals surface area contributed by atoms with Crippen LogP contribution < -0.4 is 5.32 Å². The van der Waals surface area contributed by atoms with Gasteiger partial charge < -0.3 is 15.0 Å². The number of ether oxygens (including phenoxy) is 1. The fourth-order valence-corrected chi connectivity index (χ4v) is 1.44. The smallest absolute Gasteiger partial charge is 0.248 e. The molecule has 1 aliphatic rings. The zero-order valence-corrected chi connectivity index (χ0v) is 8.38. The average Bonchev–Trinajstić information content (AvgIpc) is 2.14. The van der Waals surface area contributed by atoms with Crippen LogP contribution in [0.2, 0.25) is 0 Å². The molecule has 0 aromatic rings. The molecule has 1 unspecified atom stereocenters. The highest BCUT2D eigenvalue weighted by molar-refractivity contribution is 5.77. The van der Waals surface area contributed by atoms with E-state index in [9.17, 15) is 4.79 Å². The molecule has 1 heterocycles. The van der Waals surface area contributed by atoms with Crippen LogP contribution in [0, 0.1) is 0 Å². The molecule has 1 atom stereocenters. The van der Waals surface area contributed by atoms with E-state index in [1.165, 1.54) is 0 Å². The lowest BCUT2D eigenvalue weighted by atomic mass is 10.2. The molecular formula is C9H18N2O2. The van der Waals surface area contributed by atoms with Gasteiger partial charge in [0.1, 0.15) is 6.61 Å². The SMILES string of the molecule is CCOCC(=O)N1CCNC(C)C1. The number of rotatable bonds is 3. The Balaban J connectivity index is 2.28. The van der Waals surface area contributed by atoms with E-state index in [4.69, 9.17) is 4.74 Å². The van der Waals surface area contributed by atoms with Gasteiger partial charge in [0.15, 0.2) is 0 Å². The van der Waals surface area contributed by atoms with Gasteiger partial charge in [-0.1, -0.05) is 0 Å². The van der Waals surface area contributed by atoms with Gasteiger partial charge in [-0.25, -0.2) is 0 Å². The van der Waals surface area contributed by atoms with Gasteiger partial charge in [0.25, 0.3) is 0 Å². The molecule has 76 valence electrons. The molecule has 0 aliphatic carbocycles. The van der Waals surface area contributed by atoms with Crippen LogP contribution in [0.1, 0.15) is 13.8 Å². The topological polar surface area (TPSA) is 41.6 Å². The molecule has 0 saturated carbocycles. The summed E-state index contributed by atoms with van der Waals surface area (Å²) in [5.41, 5.74) is 0. The predicted molar refractivity (Wildman–Crippen MR) is 50.5 cm³/mol. The molecule has 0 aromatic carbocycles. The molecule has 13 heavy (non-hydrogen) atoms. The van der Waals surface area contributed by atoms with Crippen molar-refractivity contribution < 1.29 is 9.53 Å². The van der Waals surface area contributed by atoms with Gasteiger partial charge in [0.2, 0.25) is 5.91 Å². The maximum absolute atomic E-state index is 11.5. The van der Waals surface area contributed by atoms with Gasteiger partial charge in [-0.05, 0) is 13.8 Å². The van der Waals surface area contributed by atoms with E-state index in [1.807, 2.05) is 11.8 Å². The summed E-state index contributed by atoms with van der Waals surface area (Å²) in [5.74, 6) is 0.107. The van der Waals surface area contributed by atoms with Crippen LogP contribution in [0.4, 0.5) is 0 Å². The minimum Gasteiger partial charge on any atom is -0.372 e. The standard InChI is InChI=1S/C9H18N2O2/c1-3-13-7-9(12)11-5-4-10-8(2)6-11/h8,10H,3-7H2,1-2H3. The van der Waals surface area contributed by atoms with Gasteiger partial charge in [0, 0.05) is 32.3 Å². The molecule has 1 rings (SSSR count). The second-order valence-electron chi connectivity index (χ2n) is 3.33. The molecule has 0 bridgehead atoms. The first-order valence-corrected chi connectivity index (χ1v) is 4.83. The highest BCUT2D eigenvalue weighted by Gasteiger charge is 2.19. The lowest BCUT2D eigenvalue weighted by Crippen LogP contribution is -2.52. The lowest BCUT2D eigenvalue weighted by Gasteiger charge is -2.31. The van der Waals surface area contributed by atoms with Crippen molar-refractivity contribution in [2.45, 2.75) is 19.9 Å². The number of amides is 1. The maximum Gasteiger partial charge on any atom is 0.248 e. The zero-order chi connectivity index (χ0) is 9.68. The largest absolute Gasteiger partial charge is 0.372 e. The van der Waals surface area contributed by atoms with Crippen LogP contribution in [0.5, 0.6) is 0 Å². The number of nitrogens with zero attached hydrogens (tertiary/aromatic N) is 1. The number of hydrogen-bond acceptors (Lipinski definition) is 3. The first-order chi connectivity index (χ1) is 6.24. The number of carbonyl (C=O) groups is 1. The Morgan fingerprint density at radius 2 is 2.46 bits per heavy atom. The van der Waals surface area contributed by atoms with Crippen molar-refractivity contribution in [1.29, 1.82) is 0 Å². The Morgan fingerprint density at radius 1 is 1.69 bits per heavy atom. The first-order valence-electron chi connectivity index (χ1n) is 4.83. The third-order valence-electron chi connectivity index (χ3n) is 2.15. The normalized spacial score (nSPS) is 23.2. The van der Waals surface area contributed by atoms with E-state index in [0.717, 1.165) is 19.6 Å². The summed E-state index contributed by atoms with van der Waals surface area (Å²) in [6.07, 6.45) is 0. The summed E-state index contributed by atoms with van der Waals surface area (Å²) >= 11 is 0. The minimum atomic E-state index is 0.107. The molecule has 1 N–H and O–H groups in total. The van der Waals surface area contributed by atoms with E-state index in [-0.39, 0.29) is 12.5 Å². The number of piperazine rings is 1. The van der Waals surface area contributed by atoms with E-state index in [1.54, 1.807) is 0 Å². The van der Waals surface area contributed by atoms with Gasteiger partial charge in [-0.15, -0.1) is 0 Å². The first kappa shape index (κ1) is 10.5. The second kappa shape index (κ2) is 5.19. The van der Waals surface area contributed by atoms with Crippen molar-refractivity contribution in [3.63, 3.8) is 0 Å². The monoisotopic (exact) mass is 186 g/mol. The second-order valence-corrected chi connectivity index (χ2v) is 3.33.